The third-order valence-electron chi connectivity index (χ3n) is 8.25. The molecule has 40 heavy (non-hydrogen) atoms. The summed E-state index contributed by atoms with van der Waals surface area (Å²) in [6.45, 7) is 4.67. The summed E-state index contributed by atoms with van der Waals surface area (Å²) in [5.74, 6) is 0. The molecular formula is C39H31N. The monoisotopic (exact) mass is 513 g/mol. The van der Waals surface area contributed by atoms with Crippen molar-refractivity contribution in [2.45, 2.75) is 19.3 Å². The van der Waals surface area contributed by atoms with Gasteiger partial charge in [-0.3, -0.25) is 0 Å². The lowest BCUT2D eigenvalue weighted by Crippen LogP contribution is -2.14. The van der Waals surface area contributed by atoms with E-state index in [-0.39, 0.29) is 5.41 Å². The van der Waals surface area contributed by atoms with Gasteiger partial charge in [-0.15, -0.1) is 0 Å². The minimum Gasteiger partial charge on any atom is -0.355 e. The first kappa shape index (κ1) is 24.2. The van der Waals surface area contributed by atoms with Crippen molar-refractivity contribution in [1.82, 2.24) is 0 Å². The zero-order chi connectivity index (χ0) is 27.1. The Balaban J connectivity index is 1.19. The maximum atomic E-state index is 3.67. The fraction of sp³-hybridized carbons (Fsp3) is 0.0769. The number of anilines is 2. The highest BCUT2D eigenvalue weighted by Gasteiger charge is 2.35. The molecule has 6 aromatic rings. The third kappa shape index (κ3) is 4.21. The van der Waals surface area contributed by atoms with Crippen molar-refractivity contribution in [3.05, 3.63) is 157 Å². The molecule has 0 aliphatic heterocycles. The fourth-order valence-electron chi connectivity index (χ4n) is 6.20. The summed E-state index contributed by atoms with van der Waals surface area (Å²) in [7, 11) is 0. The van der Waals surface area contributed by atoms with Gasteiger partial charge in [0.1, 0.15) is 0 Å². The molecule has 0 heterocycles. The fourth-order valence-corrected chi connectivity index (χ4v) is 6.20. The van der Waals surface area contributed by atoms with E-state index in [2.05, 4.69) is 165 Å². The Morgan fingerprint density at radius 3 is 1.65 bits per heavy atom. The number of hydrogen-bond donors (Lipinski definition) is 1. The van der Waals surface area contributed by atoms with Gasteiger partial charge in [-0.1, -0.05) is 129 Å². The van der Waals surface area contributed by atoms with E-state index < -0.39 is 0 Å². The van der Waals surface area contributed by atoms with Gasteiger partial charge in [0, 0.05) is 16.8 Å². The van der Waals surface area contributed by atoms with Crippen LogP contribution in [0.4, 0.5) is 11.4 Å². The molecule has 192 valence electrons. The smallest absolute Gasteiger partial charge is 0.0390 e. The highest BCUT2D eigenvalue weighted by atomic mass is 14.9. The lowest BCUT2D eigenvalue weighted by Gasteiger charge is -2.22. The normalized spacial score (nSPS) is 12.9. The van der Waals surface area contributed by atoms with Gasteiger partial charge >= 0.3 is 0 Å². The molecule has 0 saturated heterocycles. The van der Waals surface area contributed by atoms with E-state index in [9.17, 15) is 0 Å². The van der Waals surface area contributed by atoms with Crippen LogP contribution >= 0.6 is 0 Å². The van der Waals surface area contributed by atoms with Crippen LogP contribution in [-0.2, 0) is 5.41 Å². The van der Waals surface area contributed by atoms with Gasteiger partial charge in [0.15, 0.2) is 0 Å². The quantitative estimate of drug-likeness (QED) is 0.242. The highest BCUT2D eigenvalue weighted by molar-refractivity contribution is 5.86. The minimum absolute atomic E-state index is 0.00568. The van der Waals surface area contributed by atoms with Crippen molar-refractivity contribution >= 4 is 11.4 Å². The molecule has 1 aliphatic carbocycles. The molecule has 0 aromatic heterocycles. The Hall–Kier alpha value is -4.88. The number of nitrogens with one attached hydrogen (secondary N) is 1. The molecular weight excluding hydrogens is 482 g/mol. The Bertz CT molecular complexity index is 1850. The average Bonchev–Trinajstić information content (AvgIpc) is 3.24. The Morgan fingerprint density at radius 2 is 0.900 bits per heavy atom. The second kappa shape index (κ2) is 9.70. The molecule has 0 unspecified atom stereocenters. The number of hydrogen-bond acceptors (Lipinski definition) is 1. The van der Waals surface area contributed by atoms with E-state index >= 15 is 0 Å². The van der Waals surface area contributed by atoms with Crippen molar-refractivity contribution in [3.8, 4) is 44.5 Å². The largest absolute Gasteiger partial charge is 0.355 e. The van der Waals surface area contributed by atoms with Crippen LogP contribution in [0.5, 0.6) is 0 Å². The Kier molecular flexibility index (Phi) is 5.86. The Labute approximate surface area is 236 Å². The van der Waals surface area contributed by atoms with E-state index in [0.717, 1.165) is 11.4 Å². The molecule has 0 spiro atoms. The molecule has 1 aliphatic rings. The maximum absolute atomic E-state index is 3.67. The number of rotatable bonds is 5. The molecule has 1 N–H and O–H groups in total. The summed E-state index contributed by atoms with van der Waals surface area (Å²) in [6.07, 6.45) is 0. The molecule has 1 nitrogen and oxygen atoms in total. The molecule has 0 saturated carbocycles. The Morgan fingerprint density at radius 1 is 0.375 bits per heavy atom. The third-order valence-corrected chi connectivity index (χ3v) is 8.25. The van der Waals surface area contributed by atoms with Crippen LogP contribution in [0.15, 0.2) is 146 Å². The zero-order valence-electron chi connectivity index (χ0n) is 22.9. The van der Waals surface area contributed by atoms with Gasteiger partial charge in [-0.2, -0.15) is 0 Å². The minimum atomic E-state index is -0.00568. The van der Waals surface area contributed by atoms with E-state index in [1.165, 1.54) is 55.6 Å². The van der Waals surface area contributed by atoms with Crippen LogP contribution in [-0.4, -0.2) is 0 Å². The van der Waals surface area contributed by atoms with Crippen LogP contribution in [0.3, 0.4) is 0 Å². The zero-order valence-corrected chi connectivity index (χ0v) is 22.9. The first-order chi connectivity index (χ1) is 19.6. The van der Waals surface area contributed by atoms with E-state index in [1.807, 2.05) is 0 Å². The predicted molar refractivity (Wildman–Crippen MR) is 170 cm³/mol. The van der Waals surface area contributed by atoms with Crippen LogP contribution in [0.1, 0.15) is 25.0 Å². The lowest BCUT2D eigenvalue weighted by atomic mass is 9.81. The lowest BCUT2D eigenvalue weighted by molar-refractivity contribution is 0.660. The first-order valence-corrected chi connectivity index (χ1v) is 13.9. The molecule has 1 heteroatoms. The molecule has 0 bridgehead atoms. The summed E-state index contributed by atoms with van der Waals surface area (Å²) < 4.78 is 0. The summed E-state index contributed by atoms with van der Waals surface area (Å²) in [4.78, 5) is 0. The second-order valence-corrected chi connectivity index (χ2v) is 11.1. The second-order valence-electron chi connectivity index (χ2n) is 11.1. The van der Waals surface area contributed by atoms with Gasteiger partial charge in [-0.05, 0) is 86.0 Å². The SMILES string of the molecule is CC1(C)c2ccccc2-c2ccc(-c3cccc(Nc4cccc(-c5ccccc5-c5ccccc5)c4)c3)cc21. The summed E-state index contributed by atoms with van der Waals surface area (Å²) in [6, 6.07) is 52.4. The van der Waals surface area contributed by atoms with Gasteiger partial charge in [0.25, 0.3) is 0 Å². The first-order valence-electron chi connectivity index (χ1n) is 13.9. The van der Waals surface area contributed by atoms with Crippen LogP contribution < -0.4 is 5.32 Å². The van der Waals surface area contributed by atoms with Gasteiger partial charge in [0.05, 0.1) is 0 Å². The predicted octanol–water partition coefficient (Wildman–Crippen LogP) is 10.7. The van der Waals surface area contributed by atoms with Gasteiger partial charge in [-0.25, -0.2) is 0 Å². The molecule has 0 atom stereocenters. The van der Waals surface area contributed by atoms with E-state index in [0.29, 0.717) is 0 Å². The maximum Gasteiger partial charge on any atom is 0.0390 e. The van der Waals surface area contributed by atoms with E-state index in [1.54, 1.807) is 0 Å². The van der Waals surface area contributed by atoms with Gasteiger partial charge in [0.2, 0.25) is 0 Å². The van der Waals surface area contributed by atoms with Crippen LogP contribution in [0.25, 0.3) is 44.5 Å². The molecule has 0 fully saturated rings. The van der Waals surface area contributed by atoms with Crippen molar-refractivity contribution < 1.29 is 0 Å². The molecule has 0 radical (unpaired) electrons. The van der Waals surface area contributed by atoms with Crippen LogP contribution in [0.2, 0.25) is 0 Å². The van der Waals surface area contributed by atoms with Crippen molar-refractivity contribution in [2.75, 3.05) is 5.32 Å². The van der Waals surface area contributed by atoms with Crippen LogP contribution in [0, 0.1) is 0 Å². The standard InChI is InChI=1S/C39H31N/c1-39(2)37-21-9-8-20-35(37)36-23-22-29(26-38(36)39)28-14-10-16-31(24-28)40-32-17-11-15-30(25-32)34-19-7-6-18-33(34)27-12-4-3-5-13-27/h3-26,40H,1-2H3. The molecule has 0 amide bonds. The topological polar surface area (TPSA) is 12.0 Å². The summed E-state index contributed by atoms with van der Waals surface area (Å²) >= 11 is 0. The van der Waals surface area contributed by atoms with Crippen molar-refractivity contribution in [1.29, 1.82) is 0 Å². The average molecular weight is 514 g/mol. The van der Waals surface area contributed by atoms with Crippen molar-refractivity contribution in [2.24, 2.45) is 0 Å². The van der Waals surface area contributed by atoms with E-state index in [4.69, 9.17) is 0 Å². The number of benzene rings is 6. The highest BCUT2D eigenvalue weighted by Crippen LogP contribution is 2.49. The molecule has 7 rings (SSSR count). The summed E-state index contributed by atoms with van der Waals surface area (Å²) in [5, 5.41) is 3.67. The van der Waals surface area contributed by atoms with Gasteiger partial charge < -0.3 is 5.32 Å². The molecule has 6 aromatic carbocycles. The van der Waals surface area contributed by atoms with Crippen molar-refractivity contribution in [3.63, 3.8) is 0 Å². The summed E-state index contributed by atoms with van der Waals surface area (Å²) in [5.41, 5.74) is 15.0. The number of fused-ring (bicyclic) bond motifs is 3.